The zero-order valence-corrected chi connectivity index (χ0v) is 14.4. The summed E-state index contributed by atoms with van der Waals surface area (Å²) < 4.78 is 0. The molecule has 0 fully saturated rings. The van der Waals surface area contributed by atoms with Gasteiger partial charge in [-0.15, -0.1) is 0 Å². The molecular weight excluding hydrogens is 357 g/mol. The van der Waals surface area contributed by atoms with Gasteiger partial charge < -0.3 is 0 Å². The van der Waals surface area contributed by atoms with Crippen molar-refractivity contribution in [3.63, 3.8) is 0 Å². The number of amides is 2. The van der Waals surface area contributed by atoms with Crippen LogP contribution in [-0.2, 0) is 0 Å². The Morgan fingerprint density at radius 3 is 2.00 bits per heavy atom. The first-order valence-electron chi connectivity index (χ1n) is 7.07. The summed E-state index contributed by atoms with van der Waals surface area (Å²) in [5.74, 6) is -0.640. The summed E-state index contributed by atoms with van der Waals surface area (Å²) in [6.07, 6.45) is 0.517. The van der Waals surface area contributed by atoms with Gasteiger partial charge in [0, 0.05) is 0 Å². The van der Waals surface area contributed by atoms with Crippen LogP contribution in [0.5, 0.6) is 0 Å². The molecule has 1 heterocycles. The Labute approximate surface area is 148 Å². The number of fused-ring (bicyclic) bond motifs is 1. The number of benzene rings is 2. The zero-order valence-electron chi connectivity index (χ0n) is 12.1. The highest BCUT2D eigenvalue weighted by Gasteiger charge is 2.40. The van der Waals surface area contributed by atoms with Gasteiger partial charge >= 0.3 is 0 Å². The summed E-state index contributed by atoms with van der Waals surface area (Å²) >= 11 is 18.4. The standard InChI is InChI=1S/C17H12Cl3NO2/c1-2-13(11-7-8-12(18)15(20)14(11)19)21-16(22)9-5-3-4-6-10(9)17(21)23/h3-8,13H,2H2,1H3/t13-/m1/s1. The highest BCUT2D eigenvalue weighted by Crippen LogP contribution is 2.40. The number of imide groups is 1. The fraction of sp³-hybridized carbons (Fsp3) is 0.176. The Morgan fingerprint density at radius 1 is 0.913 bits per heavy atom. The lowest BCUT2D eigenvalue weighted by Gasteiger charge is -2.26. The van der Waals surface area contributed by atoms with E-state index < -0.39 is 6.04 Å². The molecule has 0 aromatic heterocycles. The largest absolute Gasteiger partial charge is 0.269 e. The number of hydrogen-bond donors (Lipinski definition) is 0. The van der Waals surface area contributed by atoms with Gasteiger partial charge in [0.1, 0.15) is 0 Å². The van der Waals surface area contributed by atoms with Crippen molar-refractivity contribution in [2.45, 2.75) is 19.4 Å². The normalized spacial score (nSPS) is 15.0. The second-order valence-electron chi connectivity index (χ2n) is 5.21. The molecule has 0 saturated heterocycles. The molecule has 6 heteroatoms. The first kappa shape index (κ1) is 16.3. The molecule has 0 unspecified atom stereocenters. The molecule has 1 atom stereocenters. The molecule has 0 radical (unpaired) electrons. The van der Waals surface area contributed by atoms with E-state index in [0.717, 1.165) is 0 Å². The van der Waals surface area contributed by atoms with Gasteiger partial charge in [-0.3, -0.25) is 14.5 Å². The van der Waals surface area contributed by atoms with Gasteiger partial charge in [0.2, 0.25) is 0 Å². The molecule has 0 aliphatic carbocycles. The molecule has 0 bridgehead atoms. The third kappa shape index (κ3) is 2.53. The molecule has 3 rings (SSSR count). The van der Waals surface area contributed by atoms with Crippen molar-refractivity contribution in [2.24, 2.45) is 0 Å². The van der Waals surface area contributed by atoms with Crippen LogP contribution in [0.2, 0.25) is 15.1 Å². The van der Waals surface area contributed by atoms with Crippen LogP contribution in [0.25, 0.3) is 0 Å². The third-order valence-corrected chi connectivity index (χ3v) is 5.26. The summed E-state index contributed by atoms with van der Waals surface area (Å²) in [6, 6.07) is 9.60. The van der Waals surface area contributed by atoms with Crippen molar-refractivity contribution >= 4 is 46.6 Å². The molecule has 3 nitrogen and oxygen atoms in total. The Morgan fingerprint density at radius 2 is 1.48 bits per heavy atom. The number of carbonyl (C=O) groups excluding carboxylic acids is 2. The fourth-order valence-electron chi connectivity index (χ4n) is 2.83. The van der Waals surface area contributed by atoms with Crippen LogP contribution in [0.3, 0.4) is 0 Å². The molecule has 23 heavy (non-hydrogen) atoms. The van der Waals surface area contributed by atoms with Crippen LogP contribution in [-0.4, -0.2) is 16.7 Å². The van der Waals surface area contributed by atoms with E-state index in [1.54, 1.807) is 36.4 Å². The Hall–Kier alpha value is -1.55. The van der Waals surface area contributed by atoms with Crippen molar-refractivity contribution in [1.29, 1.82) is 0 Å². The van der Waals surface area contributed by atoms with Gasteiger partial charge in [0.15, 0.2) is 0 Å². The maximum atomic E-state index is 12.6. The minimum absolute atomic E-state index is 0.223. The number of nitrogens with zero attached hydrogens (tertiary/aromatic N) is 1. The first-order valence-corrected chi connectivity index (χ1v) is 8.21. The summed E-state index contributed by atoms with van der Waals surface area (Å²) in [5.41, 5.74) is 1.43. The molecule has 0 spiro atoms. The maximum absolute atomic E-state index is 12.6. The number of halogens is 3. The second kappa shape index (κ2) is 6.16. The topological polar surface area (TPSA) is 37.4 Å². The highest BCUT2D eigenvalue weighted by molar-refractivity contribution is 6.48. The monoisotopic (exact) mass is 367 g/mol. The van der Waals surface area contributed by atoms with Crippen molar-refractivity contribution < 1.29 is 9.59 Å². The second-order valence-corrected chi connectivity index (χ2v) is 6.38. The van der Waals surface area contributed by atoms with Gasteiger partial charge in [0.05, 0.1) is 32.2 Å². The highest BCUT2D eigenvalue weighted by atomic mass is 35.5. The minimum atomic E-state index is -0.496. The molecule has 1 aliphatic rings. The molecule has 0 saturated carbocycles. The molecular formula is C17H12Cl3NO2. The van der Waals surface area contributed by atoms with E-state index in [1.165, 1.54) is 4.90 Å². The number of hydrogen-bond acceptors (Lipinski definition) is 2. The fourth-order valence-corrected chi connectivity index (χ4v) is 3.50. The van der Waals surface area contributed by atoms with Crippen LogP contribution < -0.4 is 0 Å². The SMILES string of the molecule is CC[C@H](c1ccc(Cl)c(Cl)c1Cl)N1C(=O)c2ccccc2C1=O. The smallest absolute Gasteiger partial charge is 0.262 e. The van der Waals surface area contributed by atoms with E-state index in [2.05, 4.69) is 0 Å². The summed E-state index contributed by atoms with van der Waals surface area (Å²) in [7, 11) is 0. The lowest BCUT2D eigenvalue weighted by atomic mass is 10.0. The minimum Gasteiger partial charge on any atom is -0.269 e. The Bertz CT molecular complexity index is 784. The summed E-state index contributed by atoms with van der Waals surface area (Å²) in [5, 5.41) is 0.820. The van der Waals surface area contributed by atoms with Gasteiger partial charge in [-0.05, 0) is 30.2 Å². The first-order chi connectivity index (χ1) is 11.0. The quantitative estimate of drug-likeness (QED) is 0.538. The average Bonchev–Trinajstić information content (AvgIpc) is 2.81. The van der Waals surface area contributed by atoms with Crippen molar-refractivity contribution in [1.82, 2.24) is 4.90 Å². The van der Waals surface area contributed by atoms with Gasteiger partial charge in [-0.2, -0.15) is 0 Å². The summed E-state index contributed by atoms with van der Waals surface area (Å²) in [4.78, 5) is 26.5. The van der Waals surface area contributed by atoms with Gasteiger partial charge in [-0.1, -0.05) is 59.9 Å². The van der Waals surface area contributed by atoms with Crippen LogP contribution in [0.15, 0.2) is 36.4 Å². The number of carbonyl (C=O) groups is 2. The van der Waals surface area contributed by atoms with Crippen LogP contribution >= 0.6 is 34.8 Å². The van der Waals surface area contributed by atoms with E-state index in [9.17, 15) is 9.59 Å². The molecule has 0 N–H and O–H groups in total. The molecule has 1 aliphatic heterocycles. The van der Waals surface area contributed by atoms with Crippen LogP contribution in [0.1, 0.15) is 45.7 Å². The Balaban J connectivity index is 2.09. The van der Waals surface area contributed by atoms with E-state index in [4.69, 9.17) is 34.8 Å². The predicted molar refractivity (Wildman–Crippen MR) is 91.4 cm³/mol. The van der Waals surface area contributed by atoms with E-state index in [1.807, 2.05) is 6.92 Å². The summed E-state index contributed by atoms with van der Waals surface area (Å²) in [6.45, 7) is 1.88. The van der Waals surface area contributed by atoms with Crippen LogP contribution in [0, 0.1) is 0 Å². The van der Waals surface area contributed by atoms with Crippen molar-refractivity contribution in [2.75, 3.05) is 0 Å². The molecule has 2 amide bonds. The third-order valence-electron chi connectivity index (χ3n) is 3.95. The molecule has 2 aromatic carbocycles. The van der Waals surface area contributed by atoms with Gasteiger partial charge in [-0.25, -0.2) is 0 Å². The van der Waals surface area contributed by atoms with E-state index in [0.29, 0.717) is 28.1 Å². The molecule has 118 valence electrons. The van der Waals surface area contributed by atoms with Crippen molar-refractivity contribution in [3.05, 3.63) is 68.2 Å². The predicted octanol–water partition coefficient (Wildman–Crippen LogP) is 5.39. The van der Waals surface area contributed by atoms with Gasteiger partial charge in [0.25, 0.3) is 11.8 Å². The Kier molecular flexibility index (Phi) is 4.37. The lowest BCUT2D eigenvalue weighted by Crippen LogP contribution is -2.34. The van der Waals surface area contributed by atoms with Crippen LogP contribution in [0.4, 0.5) is 0 Å². The maximum Gasteiger partial charge on any atom is 0.262 e. The number of rotatable bonds is 3. The average molecular weight is 369 g/mol. The lowest BCUT2D eigenvalue weighted by molar-refractivity contribution is 0.0578. The zero-order chi connectivity index (χ0) is 16.7. The molecule has 2 aromatic rings. The van der Waals surface area contributed by atoms with E-state index in [-0.39, 0.29) is 21.9 Å². The van der Waals surface area contributed by atoms with Crippen molar-refractivity contribution in [3.8, 4) is 0 Å². The van der Waals surface area contributed by atoms with E-state index >= 15 is 0 Å².